The summed E-state index contributed by atoms with van der Waals surface area (Å²) in [4.78, 5) is 10.4. The Labute approximate surface area is 98.6 Å². The number of rotatable bonds is 5. The quantitative estimate of drug-likeness (QED) is 0.803. The third kappa shape index (κ3) is 4.19. The number of halogens is 1. The molecule has 1 aromatic rings. The molecule has 84 valence electrons. The van der Waals surface area contributed by atoms with Crippen LogP contribution in [0.25, 0.3) is 6.08 Å². The molecule has 4 heteroatoms. The summed E-state index contributed by atoms with van der Waals surface area (Å²) < 4.78 is 5.36. The minimum absolute atomic E-state index is 0.194. The maximum absolute atomic E-state index is 10.4. The summed E-state index contributed by atoms with van der Waals surface area (Å²) >= 11 is 5.58. The predicted molar refractivity (Wildman–Crippen MR) is 63.6 cm³/mol. The predicted octanol–water partition coefficient (Wildman–Crippen LogP) is 2.92. The number of aliphatic carboxylic acids is 1. The molecule has 0 saturated carbocycles. The van der Waals surface area contributed by atoms with Crippen LogP contribution >= 0.6 is 11.6 Å². The van der Waals surface area contributed by atoms with Gasteiger partial charge in [-0.05, 0) is 12.1 Å². The summed E-state index contributed by atoms with van der Waals surface area (Å²) in [6.45, 7) is 3.70. The van der Waals surface area contributed by atoms with Crippen LogP contribution in [0.2, 0.25) is 0 Å². The fourth-order valence-corrected chi connectivity index (χ4v) is 1.12. The molecule has 0 unspecified atom stereocenters. The topological polar surface area (TPSA) is 46.5 Å². The van der Waals surface area contributed by atoms with Crippen molar-refractivity contribution in [2.24, 2.45) is 0 Å². The van der Waals surface area contributed by atoms with E-state index in [9.17, 15) is 4.79 Å². The number of carboxylic acids is 1. The van der Waals surface area contributed by atoms with Crippen LogP contribution in [0.1, 0.15) is 5.56 Å². The summed E-state index contributed by atoms with van der Waals surface area (Å²) in [6.07, 6.45) is 2.52. The zero-order valence-electron chi connectivity index (χ0n) is 8.52. The van der Waals surface area contributed by atoms with E-state index in [2.05, 4.69) is 6.58 Å². The van der Waals surface area contributed by atoms with Crippen LogP contribution in [0.5, 0.6) is 5.75 Å². The van der Waals surface area contributed by atoms with Gasteiger partial charge >= 0.3 is 5.97 Å². The molecule has 0 atom stereocenters. The molecule has 1 aromatic carbocycles. The van der Waals surface area contributed by atoms with Gasteiger partial charge in [-0.1, -0.05) is 36.4 Å². The van der Waals surface area contributed by atoms with Crippen molar-refractivity contribution in [2.45, 2.75) is 0 Å². The van der Waals surface area contributed by atoms with Crippen molar-refractivity contribution in [3.63, 3.8) is 0 Å². The Bertz CT molecular complexity index is 424. The van der Waals surface area contributed by atoms with Crippen molar-refractivity contribution in [3.05, 3.63) is 47.5 Å². The van der Waals surface area contributed by atoms with Crippen LogP contribution in [-0.2, 0) is 4.79 Å². The van der Waals surface area contributed by atoms with Gasteiger partial charge in [0.15, 0.2) is 0 Å². The zero-order valence-corrected chi connectivity index (χ0v) is 9.28. The molecule has 0 aliphatic rings. The summed E-state index contributed by atoms with van der Waals surface area (Å²) in [7, 11) is 0. The minimum Gasteiger partial charge on any atom is -0.487 e. The van der Waals surface area contributed by atoms with Crippen LogP contribution < -0.4 is 4.74 Å². The van der Waals surface area contributed by atoms with Crippen LogP contribution in [0.3, 0.4) is 0 Å². The lowest BCUT2D eigenvalue weighted by Gasteiger charge is -2.07. The van der Waals surface area contributed by atoms with Gasteiger partial charge in [-0.3, -0.25) is 0 Å². The molecule has 0 radical (unpaired) electrons. The number of hydrogen-bond acceptors (Lipinski definition) is 2. The van der Waals surface area contributed by atoms with Gasteiger partial charge in [0.2, 0.25) is 0 Å². The van der Waals surface area contributed by atoms with Gasteiger partial charge in [0.05, 0.1) is 0 Å². The van der Waals surface area contributed by atoms with E-state index >= 15 is 0 Å². The highest BCUT2D eigenvalue weighted by molar-refractivity contribution is 6.29. The Kier molecular flexibility index (Phi) is 4.61. The highest BCUT2D eigenvalue weighted by Crippen LogP contribution is 2.20. The number of para-hydroxylation sites is 1. The van der Waals surface area contributed by atoms with Crippen LogP contribution in [0.15, 0.2) is 42.0 Å². The zero-order chi connectivity index (χ0) is 12.0. The molecule has 0 fully saturated rings. The Morgan fingerprint density at radius 2 is 2.19 bits per heavy atom. The van der Waals surface area contributed by atoms with Crippen molar-refractivity contribution >= 4 is 23.6 Å². The summed E-state index contributed by atoms with van der Waals surface area (Å²) in [5.74, 6) is -0.432. The Balaban J connectivity index is 2.83. The van der Waals surface area contributed by atoms with E-state index in [1.54, 1.807) is 24.3 Å². The second-order valence-electron chi connectivity index (χ2n) is 3.02. The van der Waals surface area contributed by atoms with Crippen molar-refractivity contribution in [3.8, 4) is 5.75 Å². The fraction of sp³-hybridized carbons (Fsp3) is 0.0833. The van der Waals surface area contributed by atoms with Gasteiger partial charge in [0.1, 0.15) is 12.4 Å². The number of hydrogen-bond donors (Lipinski definition) is 1. The van der Waals surface area contributed by atoms with Crippen LogP contribution in [-0.4, -0.2) is 17.7 Å². The average molecular weight is 239 g/mol. The summed E-state index contributed by atoms with van der Waals surface area (Å²) in [6, 6.07) is 7.08. The van der Waals surface area contributed by atoms with Crippen molar-refractivity contribution < 1.29 is 14.6 Å². The lowest BCUT2D eigenvalue weighted by molar-refractivity contribution is -0.131. The van der Waals surface area contributed by atoms with Crippen LogP contribution in [0.4, 0.5) is 0 Å². The number of carbonyl (C=O) groups is 1. The first-order valence-corrected chi connectivity index (χ1v) is 4.93. The molecular weight excluding hydrogens is 228 g/mol. The molecular formula is C12H11ClO3. The third-order valence-electron chi connectivity index (χ3n) is 1.71. The molecule has 1 rings (SSSR count). The highest BCUT2D eigenvalue weighted by atomic mass is 35.5. The second-order valence-corrected chi connectivity index (χ2v) is 3.55. The molecule has 0 aliphatic heterocycles. The summed E-state index contributed by atoms with van der Waals surface area (Å²) in [5.41, 5.74) is 0.683. The Morgan fingerprint density at radius 3 is 2.81 bits per heavy atom. The molecule has 0 heterocycles. The smallest absolute Gasteiger partial charge is 0.328 e. The molecule has 0 amide bonds. The monoisotopic (exact) mass is 238 g/mol. The molecule has 3 nitrogen and oxygen atoms in total. The number of benzene rings is 1. The molecule has 0 aliphatic carbocycles. The number of ether oxygens (including phenoxy) is 1. The maximum atomic E-state index is 10.4. The van der Waals surface area contributed by atoms with Crippen molar-refractivity contribution in [1.82, 2.24) is 0 Å². The van der Waals surface area contributed by atoms with Gasteiger partial charge in [-0.25, -0.2) is 4.79 Å². The van der Waals surface area contributed by atoms with Crippen molar-refractivity contribution in [1.29, 1.82) is 0 Å². The number of carboxylic acid groups (broad SMARTS) is 1. The van der Waals surface area contributed by atoms with E-state index in [4.69, 9.17) is 21.4 Å². The maximum Gasteiger partial charge on any atom is 0.328 e. The molecule has 0 aromatic heterocycles. The van der Waals surface area contributed by atoms with E-state index in [0.29, 0.717) is 16.3 Å². The van der Waals surface area contributed by atoms with Gasteiger partial charge < -0.3 is 9.84 Å². The van der Waals surface area contributed by atoms with Gasteiger partial charge in [0, 0.05) is 16.7 Å². The van der Waals surface area contributed by atoms with Gasteiger partial charge in [0.25, 0.3) is 0 Å². The standard InChI is InChI=1S/C12H11ClO3/c1-9(13)8-16-11-5-3-2-4-10(11)6-7-12(14)15/h2-7H,1,8H2,(H,14,15). The highest BCUT2D eigenvalue weighted by Gasteiger charge is 2.00. The van der Waals surface area contributed by atoms with Crippen LogP contribution in [0, 0.1) is 0 Å². The second kappa shape index (κ2) is 5.98. The SMILES string of the molecule is C=C(Cl)COc1ccccc1C=CC(=O)O. The van der Waals surface area contributed by atoms with E-state index in [1.807, 2.05) is 0 Å². The average Bonchev–Trinajstić information content (AvgIpc) is 2.24. The third-order valence-corrected chi connectivity index (χ3v) is 1.82. The molecule has 0 saturated heterocycles. The lowest BCUT2D eigenvalue weighted by Crippen LogP contribution is -1.98. The Hall–Kier alpha value is -1.74. The normalized spacial score (nSPS) is 10.3. The molecule has 1 N–H and O–H groups in total. The minimum atomic E-state index is -1.00. The first-order valence-electron chi connectivity index (χ1n) is 4.55. The van der Waals surface area contributed by atoms with E-state index in [-0.39, 0.29) is 6.61 Å². The van der Waals surface area contributed by atoms with Crippen molar-refractivity contribution in [2.75, 3.05) is 6.61 Å². The molecule has 0 bridgehead atoms. The molecule has 0 spiro atoms. The largest absolute Gasteiger partial charge is 0.487 e. The fourth-order valence-electron chi connectivity index (χ4n) is 1.07. The summed E-state index contributed by atoms with van der Waals surface area (Å²) in [5, 5.41) is 8.91. The Morgan fingerprint density at radius 1 is 1.50 bits per heavy atom. The first-order chi connectivity index (χ1) is 7.59. The van der Waals surface area contributed by atoms with E-state index in [1.165, 1.54) is 6.08 Å². The van der Waals surface area contributed by atoms with Gasteiger partial charge in [-0.15, -0.1) is 0 Å². The van der Waals surface area contributed by atoms with Gasteiger partial charge in [-0.2, -0.15) is 0 Å². The van der Waals surface area contributed by atoms with E-state index < -0.39 is 5.97 Å². The molecule has 16 heavy (non-hydrogen) atoms. The van der Waals surface area contributed by atoms with E-state index in [0.717, 1.165) is 6.08 Å². The first kappa shape index (κ1) is 12.3. The lowest BCUT2D eigenvalue weighted by atomic mass is 10.2.